The second kappa shape index (κ2) is 7.17. The van der Waals surface area contributed by atoms with Crippen LogP contribution in [0.5, 0.6) is 0 Å². The number of nitrogens with zero attached hydrogens (tertiary/aromatic N) is 2. The van der Waals surface area contributed by atoms with E-state index in [0.717, 1.165) is 6.26 Å². The summed E-state index contributed by atoms with van der Waals surface area (Å²) >= 11 is 0. The summed E-state index contributed by atoms with van der Waals surface area (Å²) in [6, 6.07) is -0.815. The lowest BCUT2D eigenvalue weighted by Crippen LogP contribution is -2.59. The van der Waals surface area contributed by atoms with Crippen molar-refractivity contribution in [2.24, 2.45) is 11.3 Å². The largest absolute Gasteiger partial charge is 0.339 e. The van der Waals surface area contributed by atoms with Gasteiger partial charge in [0.05, 0.1) is 6.26 Å². The molecule has 8 heteroatoms. The van der Waals surface area contributed by atoms with Gasteiger partial charge in [-0.1, -0.05) is 34.6 Å². The zero-order valence-corrected chi connectivity index (χ0v) is 15.7. The summed E-state index contributed by atoms with van der Waals surface area (Å²) in [4.78, 5) is 28.1. The van der Waals surface area contributed by atoms with E-state index in [1.54, 1.807) is 9.80 Å². The molecule has 0 saturated carbocycles. The second-order valence-electron chi connectivity index (χ2n) is 7.49. The fourth-order valence-corrected chi connectivity index (χ4v) is 3.39. The van der Waals surface area contributed by atoms with Crippen LogP contribution in [0.15, 0.2) is 0 Å². The van der Waals surface area contributed by atoms with Crippen molar-refractivity contribution in [1.29, 1.82) is 0 Å². The van der Waals surface area contributed by atoms with Crippen molar-refractivity contribution >= 4 is 21.8 Å². The van der Waals surface area contributed by atoms with E-state index in [2.05, 4.69) is 4.72 Å². The summed E-state index contributed by atoms with van der Waals surface area (Å²) < 4.78 is 25.6. The number of amides is 2. The first-order valence-corrected chi connectivity index (χ1v) is 9.77. The predicted molar refractivity (Wildman–Crippen MR) is 89.2 cm³/mol. The lowest BCUT2D eigenvalue weighted by molar-refractivity contribution is -0.143. The molecule has 0 bridgehead atoms. The highest BCUT2D eigenvalue weighted by Gasteiger charge is 2.37. The average Bonchev–Trinajstić information content (AvgIpc) is 2.41. The second-order valence-corrected chi connectivity index (χ2v) is 9.27. The number of nitrogens with one attached hydrogen (secondary N) is 1. The van der Waals surface area contributed by atoms with Gasteiger partial charge in [-0.05, 0) is 5.41 Å². The van der Waals surface area contributed by atoms with Gasteiger partial charge in [-0.25, -0.2) is 13.1 Å². The Bertz CT molecular complexity index is 544. The highest BCUT2D eigenvalue weighted by molar-refractivity contribution is 7.88. The zero-order valence-electron chi connectivity index (χ0n) is 14.9. The van der Waals surface area contributed by atoms with Crippen LogP contribution in [0.25, 0.3) is 0 Å². The number of carbonyl (C=O) groups excluding carboxylic acids is 2. The Hall–Kier alpha value is -1.15. The molecule has 0 aromatic carbocycles. The van der Waals surface area contributed by atoms with Crippen LogP contribution in [0.2, 0.25) is 0 Å². The number of rotatable bonds is 4. The van der Waals surface area contributed by atoms with Gasteiger partial charge >= 0.3 is 0 Å². The van der Waals surface area contributed by atoms with Crippen LogP contribution in [-0.2, 0) is 19.6 Å². The maximum atomic E-state index is 12.7. The van der Waals surface area contributed by atoms with Gasteiger partial charge in [-0.2, -0.15) is 0 Å². The van der Waals surface area contributed by atoms with Crippen LogP contribution < -0.4 is 4.72 Å². The van der Waals surface area contributed by atoms with Crippen molar-refractivity contribution in [2.45, 2.75) is 40.7 Å². The van der Waals surface area contributed by atoms with Crippen molar-refractivity contribution in [3.05, 3.63) is 0 Å². The van der Waals surface area contributed by atoms with E-state index in [1.807, 2.05) is 34.6 Å². The number of carbonyl (C=O) groups is 2. The van der Waals surface area contributed by atoms with Gasteiger partial charge in [0.2, 0.25) is 21.8 Å². The molecule has 1 saturated heterocycles. The summed E-state index contributed by atoms with van der Waals surface area (Å²) in [6.45, 7) is 11.0. The van der Waals surface area contributed by atoms with Crippen LogP contribution in [0.1, 0.15) is 34.6 Å². The highest BCUT2D eigenvalue weighted by Crippen LogP contribution is 2.22. The third kappa shape index (κ3) is 5.76. The summed E-state index contributed by atoms with van der Waals surface area (Å²) in [5.74, 6) is -0.218. The summed E-state index contributed by atoms with van der Waals surface area (Å²) in [5, 5.41) is 0. The topological polar surface area (TPSA) is 86.8 Å². The van der Waals surface area contributed by atoms with Crippen LogP contribution in [0, 0.1) is 11.3 Å². The molecule has 1 fully saturated rings. The fraction of sp³-hybridized carbons (Fsp3) is 0.867. The van der Waals surface area contributed by atoms with Crippen LogP contribution >= 0.6 is 0 Å². The van der Waals surface area contributed by atoms with Gasteiger partial charge in [0, 0.05) is 32.1 Å². The lowest BCUT2D eigenvalue weighted by atomic mass is 9.86. The third-order valence-corrected chi connectivity index (χ3v) is 4.51. The molecule has 134 valence electrons. The van der Waals surface area contributed by atoms with Crippen molar-refractivity contribution in [1.82, 2.24) is 14.5 Å². The third-order valence-electron chi connectivity index (χ3n) is 3.84. The molecule has 1 N–H and O–H groups in total. The van der Waals surface area contributed by atoms with E-state index < -0.39 is 21.5 Å². The van der Waals surface area contributed by atoms with Crippen LogP contribution in [-0.4, -0.2) is 68.5 Å². The average molecular weight is 347 g/mol. The van der Waals surface area contributed by atoms with Gasteiger partial charge in [0.1, 0.15) is 6.04 Å². The molecule has 0 aromatic heterocycles. The molecule has 1 aliphatic rings. The molecule has 1 rings (SSSR count). The maximum Gasteiger partial charge on any atom is 0.241 e. The van der Waals surface area contributed by atoms with Gasteiger partial charge in [-0.3, -0.25) is 9.59 Å². The van der Waals surface area contributed by atoms with E-state index in [-0.39, 0.29) is 17.7 Å². The first-order valence-electron chi connectivity index (χ1n) is 7.88. The number of hydrogen-bond donors (Lipinski definition) is 1. The Morgan fingerprint density at radius 3 is 1.65 bits per heavy atom. The van der Waals surface area contributed by atoms with Gasteiger partial charge in [0.15, 0.2) is 0 Å². The minimum atomic E-state index is -3.49. The van der Waals surface area contributed by atoms with E-state index in [9.17, 15) is 18.0 Å². The van der Waals surface area contributed by atoms with Gasteiger partial charge in [0.25, 0.3) is 0 Å². The van der Waals surface area contributed by atoms with E-state index in [4.69, 9.17) is 0 Å². The number of piperazine rings is 1. The minimum absolute atomic E-state index is 0.0634. The fourth-order valence-electron chi connectivity index (χ4n) is 2.51. The van der Waals surface area contributed by atoms with Crippen molar-refractivity contribution in [3.63, 3.8) is 0 Å². The van der Waals surface area contributed by atoms with Crippen LogP contribution in [0.3, 0.4) is 0 Å². The molecule has 0 spiro atoms. The maximum absolute atomic E-state index is 12.7. The van der Waals surface area contributed by atoms with E-state index >= 15 is 0 Å². The first-order chi connectivity index (χ1) is 10.3. The molecule has 23 heavy (non-hydrogen) atoms. The van der Waals surface area contributed by atoms with Crippen LogP contribution in [0.4, 0.5) is 0 Å². The summed E-state index contributed by atoms with van der Waals surface area (Å²) in [6.07, 6.45) is 1.05. The van der Waals surface area contributed by atoms with Crippen molar-refractivity contribution in [2.75, 3.05) is 32.4 Å². The lowest BCUT2D eigenvalue weighted by Gasteiger charge is -2.39. The number of sulfonamides is 1. The van der Waals surface area contributed by atoms with Gasteiger partial charge in [-0.15, -0.1) is 0 Å². The Labute approximate surface area is 139 Å². The molecule has 1 aliphatic heterocycles. The molecule has 1 unspecified atom stereocenters. The molecule has 7 nitrogen and oxygen atoms in total. The number of hydrogen-bond acceptors (Lipinski definition) is 4. The van der Waals surface area contributed by atoms with E-state index in [0.29, 0.717) is 26.2 Å². The standard InChI is InChI=1S/C15H29N3O4S/c1-11(2)13(19)17-7-9-18(10-8-17)14(20)12(15(3,4)5)16-23(6,21)22/h11-12,16H,7-10H2,1-6H3. The molecule has 1 atom stereocenters. The Morgan fingerprint density at radius 1 is 0.957 bits per heavy atom. The highest BCUT2D eigenvalue weighted by atomic mass is 32.2. The smallest absolute Gasteiger partial charge is 0.241 e. The Balaban J connectivity index is 2.78. The van der Waals surface area contributed by atoms with E-state index in [1.165, 1.54) is 0 Å². The molecular formula is C15H29N3O4S. The van der Waals surface area contributed by atoms with Crippen molar-refractivity contribution < 1.29 is 18.0 Å². The molecule has 0 radical (unpaired) electrons. The molecule has 0 aromatic rings. The predicted octanol–water partition coefficient (Wildman–Crippen LogP) is 0.277. The summed E-state index contributed by atoms with van der Waals surface area (Å²) in [7, 11) is -3.49. The van der Waals surface area contributed by atoms with Gasteiger partial charge < -0.3 is 9.80 Å². The normalized spacial score (nSPS) is 18.2. The molecule has 2 amide bonds. The monoisotopic (exact) mass is 347 g/mol. The minimum Gasteiger partial charge on any atom is -0.339 e. The first kappa shape index (κ1) is 19.9. The summed E-state index contributed by atoms with van der Waals surface area (Å²) in [5.41, 5.74) is -0.537. The molecular weight excluding hydrogens is 318 g/mol. The zero-order chi connectivity index (χ0) is 18.0. The SMILES string of the molecule is CC(C)C(=O)N1CCN(C(=O)C(NS(C)(=O)=O)C(C)(C)C)CC1. The quantitative estimate of drug-likeness (QED) is 0.791. The Kier molecular flexibility index (Phi) is 6.20. The Morgan fingerprint density at radius 2 is 1.35 bits per heavy atom. The van der Waals surface area contributed by atoms with Crippen molar-refractivity contribution in [3.8, 4) is 0 Å². The molecule has 1 heterocycles. The molecule has 0 aliphatic carbocycles.